The van der Waals surface area contributed by atoms with Crippen LogP contribution in [0.1, 0.15) is 22.3 Å². The summed E-state index contributed by atoms with van der Waals surface area (Å²) < 4.78 is 5.39. The Balaban J connectivity index is 1.77. The summed E-state index contributed by atoms with van der Waals surface area (Å²) in [6.45, 7) is 3.07. The molecule has 1 unspecified atom stereocenters. The minimum Gasteiger partial charge on any atom is -0.378 e. The molecule has 1 fully saturated rings. The summed E-state index contributed by atoms with van der Waals surface area (Å²) in [6.07, 6.45) is 1.27. The van der Waals surface area contributed by atoms with Gasteiger partial charge in [-0.3, -0.25) is 14.4 Å². The van der Waals surface area contributed by atoms with E-state index in [1.54, 1.807) is 0 Å². The van der Waals surface area contributed by atoms with Crippen LogP contribution in [0.15, 0.2) is 54.6 Å². The molecule has 1 atom stereocenters. The SMILES string of the molecule is O=CNC(CC(Cc1ccccc1)C(=O)c1ccc(N2CCOCC2)cc1)NC=O. The Kier molecular flexibility index (Phi) is 7.97. The van der Waals surface area contributed by atoms with Gasteiger partial charge in [0.2, 0.25) is 12.8 Å². The van der Waals surface area contributed by atoms with Crippen molar-refractivity contribution in [3.05, 3.63) is 65.7 Å². The maximum atomic E-state index is 13.3. The van der Waals surface area contributed by atoms with Crippen LogP contribution in [0.4, 0.5) is 5.69 Å². The topological polar surface area (TPSA) is 87.7 Å². The Hall–Kier alpha value is -3.19. The van der Waals surface area contributed by atoms with Crippen LogP contribution in [0.3, 0.4) is 0 Å². The van der Waals surface area contributed by atoms with Gasteiger partial charge in [0.1, 0.15) is 6.17 Å². The molecule has 0 aliphatic carbocycles. The number of carbonyl (C=O) groups is 3. The lowest BCUT2D eigenvalue weighted by atomic mass is 9.87. The summed E-state index contributed by atoms with van der Waals surface area (Å²) in [5, 5.41) is 5.13. The molecule has 2 N–H and O–H groups in total. The number of nitrogens with zero attached hydrogens (tertiary/aromatic N) is 1. The van der Waals surface area contributed by atoms with Crippen LogP contribution in [0.2, 0.25) is 0 Å². The molecule has 1 heterocycles. The maximum Gasteiger partial charge on any atom is 0.208 e. The van der Waals surface area contributed by atoms with Gasteiger partial charge in [0.05, 0.1) is 13.2 Å². The number of Topliss-reactive ketones (excluding diaryl/α,β-unsaturated/α-hetero) is 1. The lowest BCUT2D eigenvalue weighted by Crippen LogP contribution is -2.43. The molecule has 3 rings (SSSR count). The molecule has 2 aromatic rings. The number of rotatable bonds is 11. The highest BCUT2D eigenvalue weighted by Gasteiger charge is 2.24. The first-order valence-corrected chi connectivity index (χ1v) is 10.1. The first-order chi connectivity index (χ1) is 14.7. The monoisotopic (exact) mass is 409 g/mol. The molecule has 158 valence electrons. The Labute approximate surface area is 176 Å². The number of ether oxygens (including phenoxy) is 1. The molecular formula is C23H27N3O4. The molecule has 0 bridgehead atoms. The number of ketones is 1. The smallest absolute Gasteiger partial charge is 0.208 e. The highest BCUT2D eigenvalue weighted by atomic mass is 16.5. The standard InChI is InChI=1S/C23H27N3O4/c27-16-24-22(25-17-28)15-20(14-18-4-2-1-3-5-18)23(29)19-6-8-21(9-7-19)26-10-12-30-13-11-26/h1-9,16-17,20,22H,10-15H2,(H,24,27)(H,25,28). The quantitative estimate of drug-likeness (QED) is 0.336. The number of hydrogen-bond acceptors (Lipinski definition) is 5. The van der Waals surface area contributed by atoms with E-state index >= 15 is 0 Å². The van der Waals surface area contributed by atoms with Crippen LogP contribution in [-0.2, 0) is 20.7 Å². The second-order valence-corrected chi connectivity index (χ2v) is 7.25. The molecule has 1 saturated heterocycles. The van der Waals surface area contributed by atoms with E-state index in [0.29, 0.717) is 44.4 Å². The van der Waals surface area contributed by atoms with E-state index in [-0.39, 0.29) is 5.78 Å². The average molecular weight is 409 g/mol. The summed E-state index contributed by atoms with van der Waals surface area (Å²) >= 11 is 0. The van der Waals surface area contributed by atoms with E-state index in [1.807, 2.05) is 54.6 Å². The molecule has 2 aromatic carbocycles. The van der Waals surface area contributed by atoms with E-state index in [9.17, 15) is 14.4 Å². The third-order valence-corrected chi connectivity index (χ3v) is 5.28. The van der Waals surface area contributed by atoms with Gasteiger partial charge in [-0.05, 0) is 42.7 Å². The summed E-state index contributed by atoms with van der Waals surface area (Å²) in [6, 6.07) is 17.3. The third-order valence-electron chi connectivity index (χ3n) is 5.28. The summed E-state index contributed by atoms with van der Waals surface area (Å²) in [4.78, 5) is 37.3. The van der Waals surface area contributed by atoms with Crippen LogP contribution in [0.5, 0.6) is 0 Å². The molecule has 2 amide bonds. The summed E-state index contributed by atoms with van der Waals surface area (Å²) in [7, 11) is 0. The number of benzene rings is 2. The van der Waals surface area contributed by atoms with Gasteiger partial charge in [-0.25, -0.2) is 0 Å². The zero-order valence-electron chi connectivity index (χ0n) is 16.8. The molecule has 0 aromatic heterocycles. The molecule has 0 radical (unpaired) electrons. The zero-order chi connectivity index (χ0) is 21.2. The molecule has 7 heteroatoms. The molecule has 1 aliphatic rings. The van der Waals surface area contributed by atoms with Gasteiger partial charge in [-0.2, -0.15) is 0 Å². The second-order valence-electron chi connectivity index (χ2n) is 7.25. The van der Waals surface area contributed by atoms with Crippen molar-refractivity contribution in [2.24, 2.45) is 5.92 Å². The predicted octanol–water partition coefficient (Wildman–Crippen LogP) is 1.77. The van der Waals surface area contributed by atoms with E-state index in [2.05, 4.69) is 15.5 Å². The van der Waals surface area contributed by atoms with Gasteiger partial charge in [0.25, 0.3) is 0 Å². The fourth-order valence-electron chi connectivity index (χ4n) is 3.71. The first kappa shape index (κ1) is 21.5. The van der Waals surface area contributed by atoms with Crippen molar-refractivity contribution in [3.63, 3.8) is 0 Å². The number of amides is 2. The van der Waals surface area contributed by atoms with Crippen LogP contribution in [0, 0.1) is 5.92 Å². The normalized spacial score (nSPS) is 14.8. The summed E-state index contributed by atoms with van der Waals surface area (Å²) in [5.74, 6) is -0.413. The lowest BCUT2D eigenvalue weighted by Gasteiger charge is -2.29. The largest absolute Gasteiger partial charge is 0.378 e. The van der Waals surface area contributed by atoms with Crippen molar-refractivity contribution in [2.45, 2.75) is 19.0 Å². The number of carbonyl (C=O) groups excluding carboxylic acids is 3. The highest BCUT2D eigenvalue weighted by molar-refractivity contribution is 5.98. The Morgan fingerprint density at radius 3 is 2.20 bits per heavy atom. The van der Waals surface area contributed by atoms with E-state index in [4.69, 9.17) is 4.74 Å². The number of nitrogens with one attached hydrogen (secondary N) is 2. The zero-order valence-corrected chi connectivity index (χ0v) is 16.8. The van der Waals surface area contributed by atoms with Gasteiger partial charge >= 0.3 is 0 Å². The second kappa shape index (κ2) is 11.1. The molecule has 0 spiro atoms. The van der Waals surface area contributed by atoms with Crippen molar-refractivity contribution >= 4 is 24.3 Å². The van der Waals surface area contributed by atoms with Gasteiger partial charge < -0.3 is 20.3 Å². The van der Waals surface area contributed by atoms with E-state index < -0.39 is 12.1 Å². The van der Waals surface area contributed by atoms with Crippen molar-refractivity contribution in [1.82, 2.24) is 10.6 Å². The van der Waals surface area contributed by atoms with Crippen molar-refractivity contribution in [1.29, 1.82) is 0 Å². The average Bonchev–Trinajstić information content (AvgIpc) is 2.80. The van der Waals surface area contributed by atoms with E-state index in [0.717, 1.165) is 24.3 Å². The van der Waals surface area contributed by atoms with Crippen LogP contribution >= 0.6 is 0 Å². The van der Waals surface area contributed by atoms with Crippen LogP contribution < -0.4 is 15.5 Å². The first-order valence-electron chi connectivity index (χ1n) is 10.1. The number of hydrogen-bond donors (Lipinski definition) is 2. The summed E-state index contributed by atoms with van der Waals surface area (Å²) in [5.41, 5.74) is 2.71. The maximum absolute atomic E-state index is 13.3. The molecule has 1 aliphatic heterocycles. The minimum absolute atomic E-state index is 0.0159. The van der Waals surface area contributed by atoms with Crippen molar-refractivity contribution in [3.8, 4) is 0 Å². The Morgan fingerprint density at radius 1 is 0.967 bits per heavy atom. The molecule has 0 saturated carbocycles. The number of morpholine rings is 1. The van der Waals surface area contributed by atoms with Crippen molar-refractivity contribution in [2.75, 3.05) is 31.2 Å². The fourth-order valence-corrected chi connectivity index (χ4v) is 3.71. The lowest BCUT2D eigenvalue weighted by molar-refractivity contribution is -0.112. The third kappa shape index (κ3) is 5.90. The Morgan fingerprint density at radius 2 is 1.60 bits per heavy atom. The van der Waals surface area contributed by atoms with Crippen LogP contribution in [0.25, 0.3) is 0 Å². The van der Waals surface area contributed by atoms with Crippen LogP contribution in [-0.4, -0.2) is 51.1 Å². The molecule has 30 heavy (non-hydrogen) atoms. The fraction of sp³-hybridized carbons (Fsp3) is 0.348. The van der Waals surface area contributed by atoms with Gasteiger partial charge in [-0.1, -0.05) is 30.3 Å². The minimum atomic E-state index is -0.606. The highest BCUT2D eigenvalue weighted by Crippen LogP contribution is 2.22. The van der Waals surface area contributed by atoms with E-state index in [1.165, 1.54) is 0 Å². The van der Waals surface area contributed by atoms with Gasteiger partial charge in [0, 0.05) is 30.3 Å². The predicted molar refractivity (Wildman–Crippen MR) is 114 cm³/mol. The molecule has 7 nitrogen and oxygen atoms in total. The Bertz CT molecular complexity index is 810. The number of anilines is 1. The molecular weight excluding hydrogens is 382 g/mol. The van der Waals surface area contributed by atoms with Crippen molar-refractivity contribution < 1.29 is 19.1 Å². The van der Waals surface area contributed by atoms with Gasteiger partial charge in [0.15, 0.2) is 5.78 Å². The van der Waals surface area contributed by atoms with Gasteiger partial charge in [-0.15, -0.1) is 0 Å².